The van der Waals surface area contributed by atoms with Crippen molar-refractivity contribution < 1.29 is 4.74 Å². The summed E-state index contributed by atoms with van der Waals surface area (Å²) in [7, 11) is 1.60. The van der Waals surface area contributed by atoms with Crippen LogP contribution in [0.15, 0.2) is 36.7 Å². The van der Waals surface area contributed by atoms with Gasteiger partial charge >= 0.3 is 0 Å². The van der Waals surface area contributed by atoms with E-state index in [1.165, 1.54) is 11.9 Å². The second-order valence-electron chi connectivity index (χ2n) is 6.19. The third kappa shape index (κ3) is 3.66. The van der Waals surface area contributed by atoms with Gasteiger partial charge in [-0.2, -0.15) is 0 Å². The Morgan fingerprint density at radius 3 is 2.88 bits per heavy atom. The number of rotatable bonds is 6. The van der Waals surface area contributed by atoms with Crippen LogP contribution in [0.5, 0.6) is 5.88 Å². The lowest BCUT2D eigenvalue weighted by atomic mass is 10.1. The van der Waals surface area contributed by atoms with E-state index in [0.29, 0.717) is 30.3 Å². The quantitative estimate of drug-likeness (QED) is 0.845. The predicted octanol–water partition coefficient (Wildman–Crippen LogP) is 1.99. The number of hydrogen-bond donors (Lipinski definition) is 2. The summed E-state index contributed by atoms with van der Waals surface area (Å²) < 4.78 is 5.28. The molecule has 1 aliphatic heterocycles. The number of nitrogens with zero attached hydrogens (tertiary/aromatic N) is 3. The van der Waals surface area contributed by atoms with Crippen LogP contribution in [0, 0.1) is 0 Å². The highest BCUT2D eigenvalue weighted by Crippen LogP contribution is 2.25. The number of benzene rings is 1. The molecule has 0 unspecified atom stereocenters. The fraction of sp³-hybridized carbons (Fsp3) is 0.444. The van der Waals surface area contributed by atoms with Crippen molar-refractivity contribution in [3.63, 3.8) is 0 Å². The molecule has 0 spiro atoms. The summed E-state index contributed by atoms with van der Waals surface area (Å²) in [5, 5.41) is 3.57. The number of nitrogens with two attached hydrogens (primary N) is 1. The van der Waals surface area contributed by atoms with Crippen molar-refractivity contribution in [1.29, 1.82) is 0 Å². The molecule has 6 heteroatoms. The summed E-state index contributed by atoms with van der Waals surface area (Å²) in [4.78, 5) is 10.7. The lowest BCUT2D eigenvalue weighted by Gasteiger charge is -2.25. The molecule has 2 aromatic rings. The Kier molecular flexibility index (Phi) is 5.27. The summed E-state index contributed by atoms with van der Waals surface area (Å²) in [6, 6.07) is 11.5. The van der Waals surface area contributed by atoms with E-state index in [2.05, 4.69) is 57.4 Å². The Hall–Kier alpha value is -2.18. The summed E-state index contributed by atoms with van der Waals surface area (Å²) in [5.74, 6) is 1.02. The Morgan fingerprint density at radius 1 is 1.33 bits per heavy atom. The van der Waals surface area contributed by atoms with Crippen LogP contribution in [0.2, 0.25) is 0 Å². The van der Waals surface area contributed by atoms with Gasteiger partial charge in [0.1, 0.15) is 12.1 Å². The van der Waals surface area contributed by atoms with Crippen LogP contribution in [-0.2, 0) is 6.54 Å². The van der Waals surface area contributed by atoms with Crippen LogP contribution in [0.1, 0.15) is 30.5 Å². The van der Waals surface area contributed by atoms with Gasteiger partial charge in [-0.25, -0.2) is 9.97 Å². The van der Waals surface area contributed by atoms with Crippen LogP contribution in [0.25, 0.3) is 0 Å². The van der Waals surface area contributed by atoms with E-state index in [1.54, 1.807) is 7.11 Å². The minimum Gasteiger partial charge on any atom is -0.481 e. The van der Waals surface area contributed by atoms with Crippen molar-refractivity contribution in [2.24, 2.45) is 0 Å². The average Bonchev–Trinajstić information content (AvgIpc) is 3.09. The number of aromatic nitrogens is 2. The second kappa shape index (κ2) is 7.59. The maximum absolute atomic E-state index is 5.95. The van der Waals surface area contributed by atoms with Gasteiger partial charge in [-0.05, 0) is 18.9 Å². The van der Waals surface area contributed by atoms with Gasteiger partial charge in [0.15, 0.2) is 0 Å². The molecule has 1 fully saturated rings. The van der Waals surface area contributed by atoms with Gasteiger partial charge in [0.25, 0.3) is 0 Å². The minimum absolute atomic E-state index is 0.428. The summed E-state index contributed by atoms with van der Waals surface area (Å²) in [6.07, 6.45) is 2.55. The molecule has 1 saturated heterocycles. The first-order valence-corrected chi connectivity index (χ1v) is 8.34. The van der Waals surface area contributed by atoms with Crippen molar-refractivity contribution >= 4 is 5.82 Å². The highest BCUT2D eigenvalue weighted by atomic mass is 16.5. The highest BCUT2D eigenvalue weighted by molar-refractivity contribution is 5.44. The van der Waals surface area contributed by atoms with E-state index < -0.39 is 0 Å². The molecule has 0 amide bonds. The molecule has 3 rings (SSSR count). The van der Waals surface area contributed by atoms with E-state index in [9.17, 15) is 0 Å². The van der Waals surface area contributed by atoms with Crippen molar-refractivity contribution in [2.45, 2.75) is 32.0 Å². The normalized spacial score (nSPS) is 19.3. The molecule has 0 bridgehead atoms. The number of ether oxygens (including phenoxy) is 1. The number of nitrogen functional groups attached to an aromatic ring is 1. The maximum atomic E-state index is 5.95. The number of anilines is 1. The lowest BCUT2D eigenvalue weighted by Crippen LogP contribution is -2.33. The molecule has 3 N–H and O–H groups in total. The zero-order valence-electron chi connectivity index (χ0n) is 14.3. The van der Waals surface area contributed by atoms with Crippen LogP contribution in [0.4, 0.5) is 5.82 Å². The van der Waals surface area contributed by atoms with E-state index in [-0.39, 0.29) is 0 Å². The minimum atomic E-state index is 0.428. The fourth-order valence-electron chi connectivity index (χ4n) is 3.25. The van der Waals surface area contributed by atoms with Gasteiger partial charge in [-0.3, -0.25) is 4.90 Å². The summed E-state index contributed by atoms with van der Waals surface area (Å²) in [5.41, 5.74) is 8.14. The first kappa shape index (κ1) is 16.7. The fourth-order valence-corrected chi connectivity index (χ4v) is 3.25. The van der Waals surface area contributed by atoms with Crippen LogP contribution >= 0.6 is 0 Å². The molecule has 1 aromatic heterocycles. The van der Waals surface area contributed by atoms with Gasteiger partial charge in [0, 0.05) is 31.7 Å². The standard InChI is InChI=1S/C18H25N5O/c1-13(14-6-4-3-5-7-14)23-9-8-15(11-23)20-10-16-17(19)21-12-22-18(16)24-2/h3-7,12-13,15,20H,8-11H2,1-2H3,(H2,19,21,22)/t13-,15-/m0/s1. The molecule has 6 nitrogen and oxygen atoms in total. The first-order valence-electron chi connectivity index (χ1n) is 8.34. The van der Waals surface area contributed by atoms with Gasteiger partial charge < -0.3 is 15.8 Å². The van der Waals surface area contributed by atoms with Gasteiger partial charge in [-0.1, -0.05) is 30.3 Å². The average molecular weight is 327 g/mol. The molecule has 0 aliphatic carbocycles. The van der Waals surface area contributed by atoms with Crippen molar-refractivity contribution in [3.8, 4) is 5.88 Å². The third-order valence-electron chi connectivity index (χ3n) is 4.75. The zero-order chi connectivity index (χ0) is 16.9. The number of likely N-dealkylation sites (tertiary alicyclic amines) is 1. The van der Waals surface area contributed by atoms with E-state index in [1.807, 2.05) is 0 Å². The monoisotopic (exact) mass is 327 g/mol. The molecule has 1 aliphatic rings. The molecule has 2 heterocycles. The van der Waals surface area contributed by atoms with Crippen molar-refractivity contribution in [2.75, 3.05) is 25.9 Å². The molecule has 128 valence electrons. The Morgan fingerprint density at radius 2 is 2.12 bits per heavy atom. The third-order valence-corrected chi connectivity index (χ3v) is 4.75. The van der Waals surface area contributed by atoms with E-state index >= 15 is 0 Å². The predicted molar refractivity (Wildman–Crippen MR) is 94.7 cm³/mol. The summed E-state index contributed by atoms with van der Waals surface area (Å²) >= 11 is 0. The van der Waals surface area contributed by atoms with E-state index in [0.717, 1.165) is 25.1 Å². The van der Waals surface area contributed by atoms with Crippen LogP contribution < -0.4 is 15.8 Å². The molecule has 0 radical (unpaired) electrons. The molecule has 1 aromatic carbocycles. The SMILES string of the molecule is COc1ncnc(N)c1CN[C@H]1CCN([C@@H](C)c2ccccc2)C1. The smallest absolute Gasteiger partial charge is 0.222 e. The van der Waals surface area contributed by atoms with Crippen LogP contribution in [0.3, 0.4) is 0 Å². The van der Waals surface area contributed by atoms with Gasteiger partial charge in [0.2, 0.25) is 5.88 Å². The molecule has 24 heavy (non-hydrogen) atoms. The number of methoxy groups -OCH3 is 1. The second-order valence-corrected chi connectivity index (χ2v) is 6.19. The Labute approximate surface area is 143 Å². The lowest BCUT2D eigenvalue weighted by molar-refractivity contribution is 0.255. The first-order chi connectivity index (χ1) is 11.7. The molecular formula is C18H25N5O. The Bertz CT molecular complexity index is 664. The van der Waals surface area contributed by atoms with Crippen LogP contribution in [-0.4, -0.2) is 41.1 Å². The van der Waals surface area contributed by atoms with Crippen molar-refractivity contribution in [3.05, 3.63) is 47.8 Å². The number of hydrogen-bond acceptors (Lipinski definition) is 6. The summed E-state index contributed by atoms with van der Waals surface area (Å²) in [6.45, 7) is 5.00. The zero-order valence-corrected chi connectivity index (χ0v) is 14.3. The maximum Gasteiger partial charge on any atom is 0.222 e. The Balaban J connectivity index is 1.57. The largest absolute Gasteiger partial charge is 0.481 e. The highest BCUT2D eigenvalue weighted by Gasteiger charge is 2.26. The van der Waals surface area contributed by atoms with Crippen molar-refractivity contribution in [1.82, 2.24) is 20.2 Å². The van der Waals surface area contributed by atoms with E-state index in [4.69, 9.17) is 10.5 Å². The molecular weight excluding hydrogens is 302 g/mol. The number of nitrogens with one attached hydrogen (secondary N) is 1. The van der Waals surface area contributed by atoms with Gasteiger partial charge in [-0.15, -0.1) is 0 Å². The molecule has 0 saturated carbocycles. The van der Waals surface area contributed by atoms with Gasteiger partial charge in [0.05, 0.1) is 12.7 Å². The topological polar surface area (TPSA) is 76.3 Å². The molecule has 2 atom stereocenters.